The zero-order valence-corrected chi connectivity index (χ0v) is 20.1. The molecule has 0 aliphatic rings. The van der Waals surface area contributed by atoms with Crippen molar-refractivity contribution in [3.8, 4) is 17.1 Å². The molecule has 0 spiro atoms. The number of benzene rings is 3. The van der Waals surface area contributed by atoms with Crippen LogP contribution < -0.4 is 5.32 Å². The third-order valence-corrected chi connectivity index (χ3v) is 5.48. The Morgan fingerprint density at radius 3 is 2.26 bits per heavy atom. The molecule has 0 aliphatic carbocycles. The summed E-state index contributed by atoms with van der Waals surface area (Å²) in [4.78, 5) is 25.7. The van der Waals surface area contributed by atoms with E-state index in [0.717, 1.165) is 17.7 Å². The van der Waals surface area contributed by atoms with Crippen LogP contribution in [0, 0.1) is 0 Å². The number of aromatic nitrogens is 4. The van der Waals surface area contributed by atoms with Crippen molar-refractivity contribution in [1.29, 1.82) is 0 Å². The van der Waals surface area contributed by atoms with Crippen molar-refractivity contribution < 1.29 is 32.2 Å². The molecule has 1 amide bonds. The third kappa shape index (κ3) is 6.72. The van der Waals surface area contributed by atoms with E-state index in [1.54, 1.807) is 24.3 Å². The smallest absolute Gasteiger partial charge is 0.416 e. The van der Waals surface area contributed by atoms with Crippen LogP contribution in [0.5, 0.6) is 0 Å². The molecule has 1 heterocycles. The Hall–Kier alpha value is -4.74. The van der Waals surface area contributed by atoms with E-state index in [2.05, 4.69) is 20.7 Å². The number of methoxy groups -OCH3 is 1. The lowest BCUT2D eigenvalue weighted by atomic mass is 10.1. The number of amides is 1. The molecule has 9 nitrogen and oxygen atoms in total. The molecule has 4 aromatic rings. The van der Waals surface area contributed by atoms with E-state index in [4.69, 9.17) is 9.47 Å². The molecule has 0 radical (unpaired) electrons. The number of hydrogen-bond donors (Lipinski definition) is 1. The number of alkyl carbamates (subject to hydrolysis) is 1. The summed E-state index contributed by atoms with van der Waals surface area (Å²) in [5.74, 6) is -0.475. The van der Waals surface area contributed by atoms with Gasteiger partial charge in [-0.1, -0.05) is 54.6 Å². The number of ether oxygens (including phenoxy) is 2. The Labute approximate surface area is 215 Å². The van der Waals surface area contributed by atoms with Gasteiger partial charge in [-0.25, -0.2) is 9.59 Å². The van der Waals surface area contributed by atoms with Gasteiger partial charge < -0.3 is 14.8 Å². The van der Waals surface area contributed by atoms with Crippen molar-refractivity contribution in [1.82, 2.24) is 25.5 Å². The molecule has 0 aliphatic heterocycles. The number of carbonyl (C=O) groups is 2. The lowest BCUT2D eigenvalue weighted by molar-refractivity contribution is -0.143. The first-order valence-corrected chi connectivity index (χ1v) is 11.3. The van der Waals surface area contributed by atoms with Gasteiger partial charge in [-0.2, -0.15) is 13.2 Å². The van der Waals surface area contributed by atoms with Gasteiger partial charge in [-0.3, -0.25) is 0 Å². The Morgan fingerprint density at radius 2 is 1.63 bits per heavy atom. The van der Waals surface area contributed by atoms with Crippen LogP contribution in [-0.4, -0.2) is 45.4 Å². The second-order valence-electron chi connectivity index (χ2n) is 8.13. The molecule has 0 unspecified atom stereocenters. The molecular formula is C26H22F3N5O4. The van der Waals surface area contributed by atoms with E-state index in [1.807, 2.05) is 30.3 Å². The van der Waals surface area contributed by atoms with Crippen LogP contribution in [0.25, 0.3) is 17.1 Å². The topological polar surface area (TPSA) is 108 Å². The number of esters is 1. The first kappa shape index (κ1) is 26.3. The Balaban J connectivity index is 1.39. The highest BCUT2D eigenvalue weighted by Crippen LogP contribution is 2.30. The normalized spacial score (nSPS) is 12.0. The molecule has 196 valence electrons. The fraction of sp³-hybridized carbons (Fsp3) is 0.192. The van der Waals surface area contributed by atoms with Gasteiger partial charge in [-0.15, -0.1) is 15.0 Å². The first-order chi connectivity index (χ1) is 18.2. The summed E-state index contributed by atoms with van der Waals surface area (Å²) in [5.41, 5.74) is 1.65. The van der Waals surface area contributed by atoms with Crippen LogP contribution in [0.1, 0.15) is 16.7 Å². The molecule has 3 aromatic carbocycles. The lowest BCUT2D eigenvalue weighted by Crippen LogP contribution is -2.43. The van der Waals surface area contributed by atoms with Crippen molar-refractivity contribution in [2.75, 3.05) is 7.11 Å². The standard InChI is InChI=1S/C26H22F3N5O4/c1-37-24(35)22(30-25(36)38-16-18-5-3-2-4-6-18)15-17-7-13-21(14-8-17)34-32-23(31-33-34)19-9-11-20(12-10-19)26(27,28)29/h2-14,22H,15-16H2,1H3,(H,30,36)/t22-/m0/s1. The maximum Gasteiger partial charge on any atom is 0.416 e. The van der Waals surface area contributed by atoms with Gasteiger partial charge in [0.05, 0.1) is 18.4 Å². The SMILES string of the molecule is COC(=O)[C@H](Cc1ccc(-n2nnc(-c3ccc(C(F)(F)F)cc3)n2)cc1)NC(=O)OCc1ccccc1. The number of hydrogen-bond acceptors (Lipinski definition) is 7. The largest absolute Gasteiger partial charge is 0.467 e. The molecule has 0 fully saturated rings. The highest BCUT2D eigenvalue weighted by atomic mass is 19.4. The number of nitrogens with zero attached hydrogens (tertiary/aromatic N) is 4. The molecule has 1 N–H and O–H groups in total. The fourth-order valence-corrected chi connectivity index (χ4v) is 3.49. The molecule has 12 heteroatoms. The van der Waals surface area contributed by atoms with Gasteiger partial charge in [0.25, 0.3) is 0 Å². The lowest BCUT2D eigenvalue weighted by Gasteiger charge is -2.16. The fourth-order valence-electron chi connectivity index (χ4n) is 3.49. The average Bonchev–Trinajstić information content (AvgIpc) is 3.42. The minimum Gasteiger partial charge on any atom is -0.467 e. The van der Waals surface area contributed by atoms with Gasteiger partial charge in [0.1, 0.15) is 12.6 Å². The summed E-state index contributed by atoms with van der Waals surface area (Å²) in [5, 5.41) is 14.6. The molecule has 0 saturated carbocycles. The van der Waals surface area contributed by atoms with Gasteiger partial charge in [0, 0.05) is 12.0 Å². The van der Waals surface area contributed by atoms with Crippen LogP contribution in [-0.2, 0) is 33.5 Å². The molecule has 0 bridgehead atoms. The maximum atomic E-state index is 12.8. The summed E-state index contributed by atoms with van der Waals surface area (Å²) < 4.78 is 48.4. The summed E-state index contributed by atoms with van der Waals surface area (Å²) in [6.45, 7) is 0.0502. The molecule has 1 atom stereocenters. The van der Waals surface area contributed by atoms with Gasteiger partial charge in [0.15, 0.2) is 0 Å². The van der Waals surface area contributed by atoms with E-state index >= 15 is 0 Å². The number of tetrazole rings is 1. The molecule has 1 aromatic heterocycles. The summed E-state index contributed by atoms with van der Waals surface area (Å²) >= 11 is 0. The number of alkyl halides is 3. The third-order valence-electron chi connectivity index (χ3n) is 5.48. The predicted octanol–water partition coefficient (Wildman–Crippen LogP) is 4.36. The number of carbonyl (C=O) groups excluding carboxylic acids is 2. The van der Waals surface area contributed by atoms with E-state index < -0.39 is 29.8 Å². The van der Waals surface area contributed by atoms with Crippen molar-refractivity contribution in [3.05, 3.63) is 95.6 Å². The monoisotopic (exact) mass is 525 g/mol. The van der Waals surface area contributed by atoms with Crippen LogP contribution >= 0.6 is 0 Å². The molecule has 38 heavy (non-hydrogen) atoms. The van der Waals surface area contributed by atoms with E-state index in [0.29, 0.717) is 16.8 Å². The second-order valence-corrected chi connectivity index (χ2v) is 8.13. The van der Waals surface area contributed by atoms with Crippen LogP contribution in [0.4, 0.5) is 18.0 Å². The maximum absolute atomic E-state index is 12.8. The van der Waals surface area contributed by atoms with E-state index in [-0.39, 0.29) is 18.9 Å². The van der Waals surface area contributed by atoms with E-state index in [1.165, 1.54) is 24.0 Å². The van der Waals surface area contributed by atoms with Crippen molar-refractivity contribution in [3.63, 3.8) is 0 Å². The highest BCUT2D eigenvalue weighted by molar-refractivity contribution is 5.81. The van der Waals surface area contributed by atoms with Crippen LogP contribution in [0.15, 0.2) is 78.9 Å². The van der Waals surface area contributed by atoms with Gasteiger partial charge in [-0.05, 0) is 40.6 Å². The predicted molar refractivity (Wildman–Crippen MR) is 129 cm³/mol. The summed E-state index contributed by atoms with van der Waals surface area (Å²) in [6.07, 6.45) is -5.06. The van der Waals surface area contributed by atoms with Crippen molar-refractivity contribution in [2.24, 2.45) is 0 Å². The van der Waals surface area contributed by atoms with Crippen LogP contribution in [0.2, 0.25) is 0 Å². The molecule has 0 saturated heterocycles. The Kier molecular flexibility index (Phi) is 8.00. The zero-order chi connectivity index (χ0) is 27.1. The van der Waals surface area contributed by atoms with Gasteiger partial charge in [0.2, 0.25) is 5.82 Å². The van der Waals surface area contributed by atoms with Crippen LogP contribution in [0.3, 0.4) is 0 Å². The average molecular weight is 525 g/mol. The minimum absolute atomic E-state index is 0.0502. The Morgan fingerprint density at radius 1 is 0.947 bits per heavy atom. The van der Waals surface area contributed by atoms with Crippen molar-refractivity contribution in [2.45, 2.75) is 25.2 Å². The molecule has 4 rings (SSSR count). The number of halogens is 3. The number of rotatable bonds is 8. The highest BCUT2D eigenvalue weighted by Gasteiger charge is 2.30. The minimum atomic E-state index is -4.43. The van der Waals surface area contributed by atoms with Gasteiger partial charge >= 0.3 is 18.2 Å². The summed E-state index contributed by atoms with van der Waals surface area (Å²) in [7, 11) is 1.22. The summed E-state index contributed by atoms with van der Waals surface area (Å²) in [6, 6.07) is 19.4. The van der Waals surface area contributed by atoms with E-state index in [9.17, 15) is 22.8 Å². The molecular weight excluding hydrogens is 503 g/mol. The second kappa shape index (κ2) is 11.5. The number of nitrogens with one attached hydrogen (secondary N) is 1. The van der Waals surface area contributed by atoms with Crippen molar-refractivity contribution >= 4 is 12.1 Å². The quantitative estimate of drug-likeness (QED) is 0.341. The Bertz CT molecular complexity index is 1370. The first-order valence-electron chi connectivity index (χ1n) is 11.3. The zero-order valence-electron chi connectivity index (χ0n) is 20.1.